The zero-order chi connectivity index (χ0) is 23.8. The summed E-state index contributed by atoms with van der Waals surface area (Å²) in [5.74, 6) is 1.22. The van der Waals surface area contributed by atoms with E-state index in [2.05, 4.69) is 41.6 Å². The third kappa shape index (κ3) is 5.89. The van der Waals surface area contributed by atoms with E-state index in [1.165, 1.54) is 11.8 Å². The molecule has 34 heavy (non-hydrogen) atoms. The molecule has 0 unspecified atom stereocenters. The molecule has 0 bridgehead atoms. The van der Waals surface area contributed by atoms with Crippen LogP contribution in [0.1, 0.15) is 12.5 Å². The Morgan fingerprint density at radius 3 is 2.71 bits per heavy atom. The fourth-order valence-electron chi connectivity index (χ4n) is 3.10. The molecule has 0 saturated carbocycles. The molecule has 4 aromatic rings. The van der Waals surface area contributed by atoms with E-state index in [0.29, 0.717) is 23.3 Å². The molecule has 2 aromatic carbocycles. The van der Waals surface area contributed by atoms with E-state index in [9.17, 15) is 4.79 Å². The number of carbonyl (C=O) groups is 1. The van der Waals surface area contributed by atoms with Crippen LogP contribution in [0.25, 0.3) is 17.1 Å². The van der Waals surface area contributed by atoms with Gasteiger partial charge in [0.25, 0.3) is 5.91 Å². The van der Waals surface area contributed by atoms with Gasteiger partial charge in [0.2, 0.25) is 0 Å². The smallest absolute Gasteiger partial charge is 0.250 e. The molecule has 0 aliphatic rings. The van der Waals surface area contributed by atoms with Crippen LogP contribution in [0, 0.1) is 0 Å². The Balaban J connectivity index is 1.47. The lowest BCUT2D eigenvalue weighted by Crippen LogP contribution is -2.20. The van der Waals surface area contributed by atoms with Gasteiger partial charge in [-0.05, 0) is 49.4 Å². The maximum Gasteiger partial charge on any atom is 0.250 e. The first-order chi connectivity index (χ1) is 16.7. The molecule has 0 aliphatic heterocycles. The molecule has 1 N–H and O–H groups in total. The molecule has 0 radical (unpaired) electrons. The first-order valence-electron chi connectivity index (χ1n) is 10.4. The number of halogens is 1. The summed E-state index contributed by atoms with van der Waals surface area (Å²) in [5, 5.41) is 13.4. The molecule has 2 aromatic heterocycles. The van der Waals surface area contributed by atoms with Crippen LogP contribution in [0.4, 0.5) is 0 Å². The van der Waals surface area contributed by atoms with E-state index >= 15 is 0 Å². The molecule has 0 spiro atoms. The van der Waals surface area contributed by atoms with Gasteiger partial charge < -0.3 is 4.74 Å². The van der Waals surface area contributed by atoms with Crippen molar-refractivity contribution < 1.29 is 9.53 Å². The second-order valence-corrected chi connectivity index (χ2v) is 8.77. The van der Waals surface area contributed by atoms with Crippen molar-refractivity contribution in [2.75, 3.05) is 12.4 Å². The van der Waals surface area contributed by atoms with E-state index < -0.39 is 0 Å². The Morgan fingerprint density at radius 1 is 1.15 bits per heavy atom. The number of hydrogen-bond acceptors (Lipinski definition) is 7. The number of nitrogens with zero attached hydrogens (tertiary/aromatic N) is 5. The second-order valence-electron chi connectivity index (χ2n) is 6.91. The molecule has 172 valence electrons. The Labute approximate surface area is 209 Å². The topological polar surface area (TPSA) is 94.3 Å². The number of amides is 1. The van der Waals surface area contributed by atoms with Gasteiger partial charge in [-0.15, -0.1) is 10.2 Å². The van der Waals surface area contributed by atoms with E-state index in [0.717, 1.165) is 21.3 Å². The third-order valence-corrected chi connectivity index (χ3v) is 6.01. The highest BCUT2D eigenvalue weighted by molar-refractivity contribution is 9.10. The van der Waals surface area contributed by atoms with Crippen molar-refractivity contribution in [3.8, 4) is 22.8 Å². The quantitative estimate of drug-likeness (QED) is 0.189. The average Bonchev–Trinajstić information content (AvgIpc) is 3.29. The summed E-state index contributed by atoms with van der Waals surface area (Å²) in [4.78, 5) is 16.5. The van der Waals surface area contributed by atoms with Crippen molar-refractivity contribution in [3.63, 3.8) is 0 Å². The maximum atomic E-state index is 12.5. The van der Waals surface area contributed by atoms with E-state index in [1.807, 2.05) is 72.2 Å². The number of thioether (sulfide) groups is 1. The minimum Gasteiger partial charge on any atom is -0.493 e. The van der Waals surface area contributed by atoms with E-state index in [-0.39, 0.29) is 11.7 Å². The predicted molar refractivity (Wildman–Crippen MR) is 136 cm³/mol. The minimum absolute atomic E-state index is 0.120. The highest BCUT2D eigenvalue weighted by Gasteiger charge is 2.17. The summed E-state index contributed by atoms with van der Waals surface area (Å²) >= 11 is 4.72. The summed E-state index contributed by atoms with van der Waals surface area (Å²) in [7, 11) is 0. The number of carbonyl (C=O) groups excluding carboxylic acids is 1. The number of pyridine rings is 1. The molecule has 10 heteroatoms. The lowest BCUT2D eigenvalue weighted by atomic mass is 10.2. The molecular weight excluding hydrogens is 516 g/mol. The number of para-hydroxylation sites is 1. The van der Waals surface area contributed by atoms with Gasteiger partial charge in [0.1, 0.15) is 5.75 Å². The molecular formula is C24H21BrN6O2S. The Kier molecular flexibility index (Phi) is 8.05. The number of benzene rings is 2. The van der Waals surface area contributed by atoms with Crippen LogP contribution in [-0.2, 0) is 4.79 Å². The van der Waals surface area contributed by atoms with Crippen LogP contribution >= 0.6 is 27.7 Å². The van der Waals surface area contributed by atoms with Gasteiger partial charge in [-0.2, -0.15) is 5.10 Å². The van der Waals surface area contributed by atoms with Crippen molar-refractivity contribution in [2.24, 2.45) is 5.10 Å². The monoisotopic (exact) mass is 536 g/mol. The number of aromatic nitrogens is 4. The second kappa shape index (κ2) is 11.6. The largest absolute Gasteiger partial charge is 0.493 e. The van der Waals surface area contributed by atoms with Gasteiger partial charge in [0, 0.05) is 33.7 Å². The number of hydrogen-bond donors (Lipinski definition) is 1. The molecule has 0 atom stereocenters. The molecule has 0 aliphatic carbocycles. The fraction of sp³-hybridized carbons (Fsp3) is 0.125. The van der Waals surface area contributed by atoms with Crippen LogP contribution < -0.4 is 10.2 Å². The van der Waals surface area contributed by atoms with Gasteiger partial charge in [0.15, 0.2) is 11.0 Å². The SMILES string of the molecule is CCOc1ccc(Br)cc1/C=N/NC(=O)CSc1nnc(-c2ccncc2)n1-c1ccccc1. The maximum absolute atomic E-state index is 12.5. The molecule has 1 amide bonds. The summed E-state index contributed by atoms with van der Waals surface area (Å²) in [6, 6.07) is 19.1. The predicted octanol–water partition coefficient (Wildman–Crippen LogP) is 4.73. The third-order valence-electron chi connectivity index (χ3n) is 4.58. The van der Waals surface area contributed by atoms with Crippen LogP contribution in [-0.4, -0.2) is 44.2 Å². The summed E-state index contributed by atoms with van der Waals surface area (Å²) < 4.78 is 8.41. The Bertz CT molecular complexity index is 1280. The lowest BCUT2D eigenvalue weighted by Gasteiger charge is -2.10. The van der Waals surface area contributed by atoms with Gasteiger partial charge in [-0.25, -0.2) is 5.43 Å². The molecule has 0 fully saturated rings. The standard InChI is InChI=1S/C24H21BrN6O2S/c1-2-33-21-9-8-19(25)14-18(21)15-27-28-22(32)16-34-24-30-29-23(17-10-12-26-13-11-17)31(24)20-6-4-3-5-7-20/h3-15H,2,16H2,1H3,(H,28,32)/b27-15+. The van der Waals surface area contributed by atoms with E-state index in [4.69, 9.17) is 4.74 Å². The number of nitrogens with one attached hydrogen (secondary N) is 1. The van der Waals surface area contributed by atoms with E-state index in [1.54, 1.807) is 18.6 Å². The zero-order valence-corrected chi connectivity index (χ0v) is 20.7. The minimum atomic E-state index is -0.262. The van der Waals surface area contributed by atoms with Crippen molar-refractivity contribution in [1.82, 2.24) is 25.2 Å². The van der Waals surface area contributed by atoms with Crippen molar-refractivity contribution >= 4 is 39.8 Å². The Hall–Kier alpha value is -3.50. The normalized spacial score (nSPS) is 11.0. The molecule has 8 nitrogen and oxygen atoms in total. The first-order valence-corrected chi connectivity index (χ1v) is 12.2. The molecule has 2 heterocycles. The highest BCUT2D eigenvalue weighted by Crippen LogP contribution is 2.27. The zero-order valence-electron chi connectivity index (χ0n) is 18.3. The summed E-state index contributed by atoms with van der Waals surface area (Å²) in [5.41, 5.74) is 5.10. The van der Waals surface area contributed by atoms with Crippen molar-refractivity contribution in [1.29, 1.82) is 0 Å². The van der Waals surface area contributed by atoms with Gasteiger partial charge in [-0.1, -0.05) is 45.9 Å². The molecule has 0 saturated heterocycles. The first kappa shape index (κ1) is 23.7. The van der Waals surface area contributed by atoms with Crippen LogP contribution in [0.2, 0.25) is 0 Å². The van der Waals surface area contributed by atoms with Crippen molar-refractivity contribution in [2.45, 2.75) is 12.1 Å². The molecule has 4 rings (SSSR count). The van der Waals surface area contributed by atoms with Gasteiger partial charge in [-0.3, -0.25) is 14.3 Å². The summed E-state index contributed by atoms with van der Waals surface area (Å²) in [6.07, 6.45) is 4.98. The van der Waals surface area contributed by atoms with Crippen LogP contribution in [0.3, 0.4) is 0 Å². The van der Waals surface area contributed by atoms with Gasteiger partial charge in [0.05, 0.1) is 18.6 Å². The van der Waals surface area contributed by atoms with Crippen molar-refractivity contribution in [3.05, 3.63) is 83.1 Å². The number of hydrazone groups is 1. The number of rotatable bonds is 9. The van der Waals surface area contributed by atoms with Crippen LogP contribution in [0.5, 0.6) is 5.75 Å². The Morgan fingerprint density at radius 2 is 1.94 bits per heavy atom. The summed E-state index contributed by atoms with van der Waals surface area (Å²) in [6.45, 7) is 2.45. The number of ether oxygens (including phenoxy) is 1. The van der Waals surface area contributed by atoms with Gasteiger partial charge >= 0.3 is 0 Å². The average molecular weight is 537 g/mol. The van der Waals surface area contributed by atoms with Crippen LogP contribution in [0.15, 0.2) is 87.8 Å². The highest BCUT2D eigenvalue weighted by atomic mass is 79.9. The lowest BCUT2D eigenvalue weighted by molar-refractivity contribution is -0.118. The fourth-order valence-corrected chi connectivity index (χ4v) is 4.23.